The van der Waals surface area contributed by atoms with Crippen LogP contribution in [0, 0.1) is 0 Å². The zero-order valence-electron chi connectivity index (χ0n) is 15.2. The van der Waals surface area contributed by atoms with Crippen LogP contribution in [0.3, 0.4) is 0 Å². The fraction of sp³-hybridized carbons (Fsp3) is 0.333. The highest BCUT2D eigenvalue weighted by atomic mass is 16.5. The Morgan fingerprint density at radius 1 is 1.15 bits per heavy atom. The Kier molecular flexibility index (Phi) is 4.72. The molecule has 0 radical (unpaired) electrons. The van der Waals surface area contributed by atoms with E-state index >= 15 is 0 Å². The van der Waals surface area contributed by atoms with Gasteiger partial charge in [-0.2, -0.15) is 0 Å². The van der Waals surface area contributed by atoms with Gasteiger partial charge < -0.3 is 14.7 Å². The van der Waals surface area contributed by atoms with Crippen LogP contribution in [0.15, 0.2) is 48.5 Å². The highest BCUT2D eigenvalue weighted by Crippen LogP contribution is 2.28. The molecule has 26 heavy (non-hydrogen) atoms. The van der Waals surface area contributed by atoms with Crippen molar-refractivity contribution in [1.82, 2.24) is 0 Å². The van der Waals surface area contributed by atoms with E-state index in [2.05, 4.69) is 20.8 Å². The van der Waals surface area contributed by atoms with E-state index in [1.54, 1.807) is 17.0 Å². The van der Waals surface area contributed by atoms with E-state index < -0.39 is 12.1 Å². The molecule has 1 fully saturated rings. The largest absolute Gasteiger partial charge is 0.481 e. The zero-order chi connectivity index (χ0) is 18.9. The molecule has 0 aliphatic carbocycles. The van der Waals surface area contributed by atoms with Crippen molar-refractivity contribution in [3.63, 3.8) is 0 Å². The van der Waals surface area contributed by atoms with Crippen LogP contribution >= 0.6 is 0 Å². The van der Waals surface area contributed by atoms with Crippen LogP contribution in [0.25, 0.3) is 0 Å². The number of hydrogen-bond acceptors (Lipinski definition) is 3. The Hall–Kier alpha value is -2.82. The number of benzene rings is 2. The van der Waals surface area contributed by atoms with Crippen LogP contribution < -0.4 is 9.64 Å². The third-order valence-corrected chi connectivity index (χ3v) is 4.56. The molecule has 0 unspecified atom stereocenters. The van der Waals surface area contributed by atoms with Gasteiger partial charge in [0.1, 0.15) is 5.75 Å². The third-order valence-electron chi connectivity index (χ3n) is 4.56. The molecule has 0 bridgehead atoms. The molecule has 2 aromatic carbocycles. The van der Waals surface area contributed by atoms with Crippen LogP contribution in [-0.2, 0) is 10.2 Å². The summed E-state index contributed by atoms with van der Waals surface area (Å²) in [6.45, 7) is 6.94. The first-order valence-electron chi connectivity index (χ1n) is 8.67. The molecule has 3 rings (SSSR count). The maximum absolute atomic E-state index is 12.7. The molecule has 0 aromatic heterocycles. The Bertz CT molecular complexity index is 821. The second kappa shape index (κ2) is 6.83. The summed E-state index contributed by atoms with van der Waals surface area (Å²) in [4.78, 5) is 25.4. The predicted octanol–water partition coefficient (Wildman–Crippen LogP) is 3.87. The van der Waals surface area contributed by atoms with Gasteiger partial charge >= 0.3 is 5.97 Å². The second-order valence-electron chi connectivity index (χ2n) is 7.51. The lowest BCUT2D eigenvalue weighted by Crippen LogP contribution is -2.32. The standard InChI is InChI=1S/C21H23NO4/c1-21(2,3)15-7-9-17(10-8-15)26-18-11-12-22(19(18)23)16-6-4-5-14(13-16)20(24)25/h4-10,13,18H,11-12H2,1-3H3,(H,24,25)/t18-/m1/s1. The first kappa shape index (κ1) is 18.0. The van der Waals surface area contributed by atoms with Gasteiger partial charge in [0.15, 0.2) is 6.10 Å². The number of nitrogens with zero attached hydrogens (tertiary/aromatic N) is 1. The number of carbonyl (C=O) groups is 2. The van der Waals surface area contributed by atoms with Gasteiger partial charge in [0.05, 0.1) is 5.56 Å². The molecule has 2 aromatic rings. The molecule has 1 aliphatic rings. The van der Waals surface area contributed by atoms with E-state index in [0.717, 1.165) is 0 Å². The Morgan fingerprint density at radius 3 is 2.46 bits per heavy atom. The van der Waals surface area contributed by atoms with E-state index in [4.69, 9.17) is 9.84 Å². The average Bonchev–Trinajstić information content (AvgIpc) is 2.95. The minimum Gasteiger partial charge on any atom is -0.481 e. The van der Waals surface area contributed by atoms with E-state index in [9.17, 15) is 9.59 Å². The van der Waals surface area contributed by atoms with Gasteiger partial charge in [-0.15, -0.1) is 0 Å². The number of ether oxygens (including phenoxy) is 1. The van der Waals surface area contributed by atoms with E-state index in [-0.39, 0.29) is 16.9 Å². The van der Waals surface area contributed by atoms with Crippen molar-refractivity contribution >= 4 is 17.6 Å². The molecule has 0 saturated carbocycles. The van der Waals surface area contributed by atoms with Crippen molar-refractivity contribution < 1.29 is 19.4 Å². The van der Waals surface area contributed by atoms with E-state index in [0.29, 0.717) is 24.4 Å². The number of amides is 1. The molecule has 1 aliphatic heterocycles. The van der Waals surface area contributed by atoms with Crippen molar-refractivity contribution in [2.45, 2.75) is 38.7 Å². The second-order valence-corrected chi connectivity index (χ2v) is 7.51. The number of anilines is 1. The number of carbonyl (C=O) groups excluding carboxylic acids is 1. The minimum absolute atomic E-state index is 0.0632. The number of carboxylic acids is 1. The van der Waals surface area contributed by atoms with Gasteiger partial charge in [0.25, 0.3) is 5.91 Å². The summed E-state index contributed by atoms with van der Waals surface area (Å²) in [5.41, 5.74) is 2.02. The molecule has 0 spiro atoms. The number of hydrogen-bond donors (Lipinski definition) is 1. The van der Waals surface area contributed by atoms with E-state index in [1.807, 2.05) is 24.3 Å². The maximum Gasteiger partial charge on any atom is 0.335 e. The van der Waals surface area contributed by atoms with Crippen LogP contribution in [-0.4, -0.2) is 29.6 Å². The normalized spacial score (nSPS) is 17.4. The molecular weight excluding hydrogens is 330 g/mol. The van der Waals surface area contributed by atoms with Gasteiger partial charge in [-0.3, -0.25) is 4.79 Å². The minimum atomic E-state index is -1.01. The number of carboxylic acid groups (broad SMARTS) is 1. The van der Waals surface area contributed by atoms with Gasteiger partial charge in [-0.25, -0.2) is 4.79 Å². The quantitative estimate of drug-likeness (QED) is 0.906. The van der Waals surface area contributed by atoms with Gasteiger partial charge in [-0.05, 0) is 41.3 Å². The molecule has 1 saturated heterocycles. The summed E-state index contributed by atoms with van der Waals surface area (Å²) in [7, 11) is 0. The number of aromatic carboxylic acids is 1. The highest BCUT2D eigenvalue weighted by Gasteiger charge is 2.34. The molecule has 5 heteroatoms. The maximum atomic E-state index is 12.7. The lowest BCUT2D eigenvalue weighted by molar-refractivity contribution is -0.122. The Morgan fingerprint density at radius 2 is 1.85 bits per heavy atom. The third kappa shape index (κ3) is 3.72. The summed E-state index contributed by atoms with van der Waals surface area (Å²) in [6.07, 6.45) is 0.0147. The van der Waals surface area contributed by atoms with Crippen LogP contribution in [0.1, 0.15) is 43.1 Å². The van der Waals surface area contributed by atoms with Gasteiger partial charge in [0, 0.05) is 18.7 Å². The Balaban J connectivity index is 1.71. The summed E-state index contributed by atoms with van der Waals surface area (Å²) in [6, 6.07) is 14.2. The average molecular weight is 353 g/mol. The van der Waals surface area contributed by atoms with Crippen molar-refractivity contribution in [3.8, 4) is 5.75 Å². The van der Waals surface area contributed by atoms with Crippen molar-refractivity contribution in [1.29, 1.82) is 0 Å². The summed E-state index contributed by atoms with van der Waals surface area (Å²) in [5.74, 6) is -0.491. The van der Waals surface area contributed by atoms with Crippen molar-refractivity contribution in [2.24, 2.45) is 0 Å². The van der Waals surface area contributed by atoms with Crippen molar-refractivity contribution in [2.75, 3.05) is 11.4 Å². The SMILES string of the molecule is CC(C)(C)c1ccc(O[C@@H]2CCN(c3cccc(C(=O)O)c3)C2=O)cc1. The first-order chi connectivity index (χ1) is 12.3. The molecule has 1 atom stereocenters. The molecule has 136 valence electrons. The fourth-order valence-corrected chi connectivity index (χ4v) is 3.02. The van der Waals surface area contributed by atoms with Gasteiger partial charge in [0.2, 0.25) is 0 Å². The molecular formula is C21H23NO4. The highest BCUT2D eigenvalue weighted by molar-refractivity contribution is 6.00. The summed E-state index contributed by atoms with van der Waals surface area (Å²) < 4.78 is 5.88. The lowest BCUT2D eigenvalue weighted by Gasteiger charge is -2.20. The predicted molar refractivity (Wildman–Crippen MR) is 99.9 cm³/mol. The molecule has 5 nitrogen and oxygen atoms in total. The van der Waals surface area contributed by atoms with E-state index in [1.165, 1.54) is 17.7 Å². The van der Waals surface area contributed by atoms with Crippen LogP contribution in [0.5, 0.6) is 5.75 Å². The molecule has 1 N–H and O–H groups in total. The van der Waals surface area contributed by atoms with Crippen molar-refractivity contribution in [3.05, 3.63) is 59.7 Å². The molecule has 1 amide bonds. The summed E-state index contributed by atoms with van der Waals surface area (Å²) in [5, 5.41) is 9.12. The van der Waals surface area contributed by atoms with Crippen LogP contribution in [0.2, 0.25) is 0 Å². The Labute approximate surface area is 153 Å². The zero-order valence-corrected chi connectivity index (χ0v) is 15.2. The number of rotatable bonds is 4. The lowest BCUT2D eigenvalue weighted by atomic mass is 9.87. The molecule has 1 heterocycles. The van der Waals surface area contributed by atoms with Gasteiger partial charge in [-0.1, -0.05) is 39.0 Å². The smallest absolute Gasteiger partial charge is 0.335 e. The fourth-order valence-electron chi connectivity index (χ4n) is 3.02. The first-order valence-corrected chi connectivity index (χ1v) is 8.67. The topological polar surface area (TPSA) is 66.8 Å². The van der Waals surface area contributed by atoms with Crippen LogP contribution in [0.4, 0.5) is 5.69 Å². The summed E-state index contributed by atoms with van der Waals surface area (Å²) >= 11 is 0. The monoisotopic (exact) mass is 353 g/mol.